The normalized spacial score (nSPS) is 20.8. The van der Waals surface area contributed by atoms with E-state index in [4.69, 9.17) is 9.84 Å². The quantitative estimate of drug-likeness (QED) is 0.843. The van der Waals surface area contributed by atoms with Gasteiger partial charge in [0.05, 0.1) is 18.3 Å². The van der Waals surface area contributed by atoms with Gasteiger partial charge in [-0.15, -0.1) is 11.8 Å². The number of aromatic carboxylic acids is 1. The Morgan fingerprint density at radius 2 is 2.33 bits per heavy atom. The first-order valence-corrected chi connectivity index (χ1v) is 6.90. The molecule has 1 atom stereocenters. The molecule has 0 radical (unpaired) electrons. The topological polar surface area (TPSA) is 49.8 Å². The number of carboxylic acids is 1. The molecule has 1 unspecified atom stereocenters. The molecule has 0 aromatic heterocycles. The first-order chi connectivity index (χ1) is 8.66. The van der Waals surface area contributed by atoms with Crippen molar-refractivity contribution < 1.29 is 14.6 Å². The Kier molecular flexibility index (Phi) is 4.63. The van der Waals surface area contributed by atoms with E-state index >= 15 is 0 Å². The number of benzene rings is 1. The molecule has 1 N–H and O–H groups in total. The molecule has 1 aliphatic heterocycles. The van der Waals surface area contributed by atoms with Gasteiger partial charge in [-0.05, 0) is 19.2 Å². The maximum absolute atomic E-state index is 11.1. The fourth-order valence-corrected chi connectivity index (χ4v) is 2.97. The lowest BCUT2D eigenvalue weighted by atomic mass is 10.2. The Bertz CT molecular complexity index is 424. The first-order valence-electron chi connectivity index (χ1n) is 5.92. The summed E-state index contributed by atoms with van der Waals surface area (Å²) in [6.45, 7) is 2.62. The van der Waals surface area contributed by atoms with Crippen molar-refractivity contribution >= 4 is 17.7 Å². The van der Waals surface area contributed by atoms with Gasteiger partial charge >= 0.3 is 5.97 Å². The van der Waals surface area contributed by atoms with Crippen LogP contribution in [0.4, 0.5) is 0 Å². The maximum Gasteiger partial charge on any atom is 0.336 e. The van der Waals surface area contributed by atoms with E-state index in [9.17, 15) is 4.79 Å². The summed E-state index contributed by atoms with van der Waals surface area (Å²) in [6.07, 6.45) is 0.176. The van der Waals surface area contributed by atoms with Crippen molar-refractivity contribution in [2.75, 3.05) is 32.5 Å². The number of hydrogen-bond donors (Lipinski definition) is 1. The lowest BCUT2D eigenvalue weighted by molar-refractivity contribution is -0.00599. The summed E-state index contributed by atoms with van der Waals surface area (Å²) in [6, 6.07) is 7.10. The van der Waals surface area contributed by atoms with Crippen molar-refractivity contribution in [1.82, 2.24) is 4.90 Å². The van der Waals surface area contributed by atoms with Crippen LogP contribution in [0.15, 0.2) is 29.2 Å². The van der Waals surface area contributed by atoms with Gasteiger partial charge in [-0.3, -0.25) is 0 Å². The van der Waals surface area contributed by atoms with Gasteiger partial charge in [0.2, 0.25) is 0 Å². The molecule has 1 fully saturated rings. The number of hydrogen-bond acceptors (Lipinski definition) is 4. The van der Waals surface area contributed by atoms with Gasteiger partial charge in [-0.2, -0.15) is 0 Å². The van der Waals surface area contributed by atoms with Gasteiger partial charge in [-0.1, -0.05) is 12.1 Å². The highest BCUT2D eigenvalue weighted by molar-refractivity contribution is 7.99. The number of likely N-dealkylation sites (N-methyl/N-ethyl adjacent to an activating group) is 1. The van der Waals surface area contributed by atoms with Gasteiger partial charge < -0.3 is 14.7 Å². The van der Waals surface area contributed by atoms with Gasteiger partial charge in [0.15, 0.2) is 0 Å². The molecule has 1 aliphatic rings. The molecule has 1 saturated heterocycles. The zero-order chi connectivity index (χ0) is 13.0. The van der Waals surface area contributed by atoms with E-state index in [-0.39, 0.29) is 6.10 Å². The third-order valence-corrected chi connectivity index (χ3v) is 4.09. The lowest BCUT2D eigenvalue weighted by Crippen LogP contribution is -2.41. The van der Waals surface area contributed by atoms with E-state index in [0.717, 1.165) is 30.3 Å². The van der Waals surface area contributed by atoms with Crippen LogP contribution in [-0.4, -0.2) is 54.6 Å². The molecular weight excluding hydrogens is 250 g/mol. The second-order valence-electron chi connectivity index (χ2n) is 4.37. The molecule has 1 aromatic carbocycles. The minimum atomic E-state index is -0.875. The summed E-state index contributed by atoms with van der Waals surface area (Å²) in [5, 5.41) is 9.09. The third-order valence-electron chi connectivity index (χ3n) is 2.88. The van der Waals surface area contributed by atoms with E-state index in [1.54, 1.807) is 23.9 Å². The predicted octanol–water partition coefficient (Wildman–Crippen LogP) is 1.81. The fourth-order valence-electron chi connectivity index (χ4n) is 1.92. The SMILES string of the molecule is CN1CCOC(CSc2ccccc2C(=O)O)C1. The summed E-state index contributed by atoms with van der Waals surface area (Å²) >= 11 is 1.55. The Hall–Kier alpha value is -1.04. The van der Waals surface area contributed by atoms with Crippen molar-refractivity contribution in [1.29, 1.82) is 0 Å². The van der Waals surface area contributed by atoms with Crippen LogP contribution < -0.4 is 0 Å². The van der Waals surface area contributed by atoms with E-state index < -0.39 is 5.97 Å². The van der Waals surface area contributed by atoms with Crippen molar-refractivity contribution in [2.24, 2.45) is 0 Å². The van der Waals surface area contributed by atoms with E-state index in [1.165, 1.54) is 0 Å². The summed E-state index contributed by atoms with van der Waals surface area (Å²) in [5.41, 5.74) is 0.367. The van der Waals surface area contributed by atoms with Crippen LogP contribution in [0.1, 0.15) is 10.4 Å². The average molecular weight is 267 g/mol. The first kappa shape index (κ1) is 13.4. The zero-order valence-electron chi connectivity index (χ0n) is 10.3. The number of carbonyl (C=O) groups is 1. The summed E-state index contributed by atoms with van der Waals surface area (Å²) in [5.74, 6) is -0.0889. The predicted molar refractivity (Wildman–Crippen MR) is 71.4 cm³/mol. The van der Waals surface area contributed by atoms with Crippen LogP contribution in [0.2, 0.25) is 0 Å². The Balaban J connectivity index is 1.95. The summed E-state index contributed by atoms with van der Waals surface area (Å²) in [4.78, 5) is 14.1. The van der Waals surface area contributed by atoms with Crippen LogP contribution in [0, 0.1) is 0 Å². The second kappa shape index (κ2) is 6.22. The molecule has 2 rings (SSSR count). The minimum Gasteiger partial charge on any atom is -0.478 e. The monoisotopic (exact) mass is 267 g/mol. The number of rotatable bonds is 4. The molecule has 98 valence electrons. The van der Waals surface area contributed by atoms with Gasteiger partial charge in [-0.25, -0.2) is 4.79 Å². The molecule has 0 bridgehead atoms. The summed E-state index contributed by atoms with van der Waals surface area (Å²) in [7, 11) is 2.07. The molecule has 1 heterocycles. The highest BCUT2D eigenvalue weighted by Crippen LogP contribution is 2.24. The standard InChI is InChI=1S/C13H17NO3S/c1-14-6-7-17-10(8-14)9-18-12-5-3-2-4-11(12)13(15)16/h2-5,10H,6-9H2,1H3,(H,15,16). The van der Waals surface area contributed by atoms with Crippen LogP contribution in [0.25, 0.3) is 0 Å². The Morgan fingerprint density at radius 1 is 1.56 bits per heavy atom. The zero-order valence-corrected chi connectivity index (χ0v) is 11.2. The van der Waals surface area contributed by atoms with Crippen molar-refractivity contribution in [3.8, 4) is 0 Å². The van der Waals surface area contributed by atoms with Gasteiger partial charge in [0.25, 0.3) is 0 Å². The average Bonchev–Trinajstić information content (AvgIpc) is 2.37. The molecule has 0 spiro atoms. The van der Waals surface area contributed by atoms with Crippen LogP contribution in [0.3, 0.4) is 0 Å². The fraction of sp³-hybridized carbons (Fsp3) is 0.462. The van der Waals surface area contributed by atoms with Gasteiger partial charge in [0, 0.05) is 23.7 Å². The Morgan fingerprint density at radius 3 is 3.06 bits per heavy atom. The van der Waals surface area contributed by atoms with E-state index in [0.29, 0.717) is 5.56 Å². The third kappa shape index (κ3) is 3.48. The van der Waals surface area contributed by atoms with Crippen LogP contribution >= 0.6 is 11.8 Å². The number of morpholine rings is 1. The van der Waals surface area contributed by atoms with Crippen molar-refractivity contribution in [3.63, 3.8) is 0 Å². The van der Waals surface area contributed by atoms with Crippen LogP contribution in [0.5, 0.6) is 0 Å². The highest BCUT2D eigenvalue weighted by atomic mass is 32.2. The molecule has 18 heavy (non-hydrogen) atoms. The lowest BCUT2D eigenvalue weighted by Gasteiger charge is -2.29. The molecule has 5 heteroatoms. The number of ether oxygens (including phenoxy) is 1. The largest absolute Gasteiger partial charge is 0.478 e. The van der Waals surface area contributed by atoms with E-state index in [1.807, 2.05) is 12.1 Å². The molecule has 1 aromatic rings. The molecule has 0 amide bonds. The van der Waals surface area contributed by atoms with Crippen LogP contribution in [-0.2, 0) is 4.74 Å². The summed E-state index contributed by atoms with van der Waals surface area (Å²) < 4.78 is 5.66. The number of thioether (sulfide) groups is 1. The number of nitrogens with zero attached hydrogens (tertiary/aromatic N) is 1. The minimum absolute atomic E-state index is 0.176. The molecular formula is C13H17NO3S. The van der Waals surface area contributed by atoms with Crippen molar-refractivity contribution in [2.45, 2.75) is 11.0 Å². The maximum atomic E-state index is 11.1. The molecule has 0 saturated carbocycles. The Labute approximate surface area is 111 Å². The molecule has 4 nitrogen and oxygen atoms in total. The highest BCUT2D eigenvalue weighted by Gasteiger charge is 2.19. The number of carboxylic acid groups (broad SMARTS) is 1. The van der Waals surface area contributed by atoms with Gasteiger partial charge in [0.1, 0.15) is 0 Å². The second-order valence-corrected chi connectivity index (χ2v) is 5.43. The van der Waals surface area contributed by atoms with Crippen molar-refractivity contribution in [3.05, 3.63) is 29.8 Å². The smallest absolute Gasteiger partial charge is 0.336 e. The molecule has 0 aliphatic carbocycles. The van der Waals surface area contributed by atoms with E-state index in [2.05, 4.69) is 11.9 Å².